The van der Waals surface area contributed by atoms with E-state index in [0.717, 1.165) is 44.5 Å². The lowest BCUT2D eigenvalue weighted by atomic mass is 9.95. The Balaban J connectivity index is 1.76. The van der Waals surface area contributed by atoms with Gasteiger partial charge in [-0.2, -0.15) is 0 Å². The monoisotopic (exact) mass is 374 g/mol. The Morgan fingerprint density at radius 1 is 1.15 bits per heavy atom. The molecule has 3 N–H and O–H groups in total. The number of aromatic nitrogens is 2. The SMILES string of the molecule is O=C(NNc1ncnc(NC2CCCCC2)c1[N+](=O)[O-])c1ccccc1F. The number of amides is 1. The highest BCUT2D eigenvalue weighted by Gasteiger charge is 2.26. The fourth-order valence-corrected chi connectivity index (χ4v) is 3.02. The highest BCUT2D eigenvalue weighted by Crippen LogP contribution is 2.31. The molecule has 2 aromatic rings. The highest BCUT2D eigenvalue weighted by molar-refractivity contribution is 5.95. The average Bonchev–Trinajstić information content (AvgIpc) is 2.67. The van der Waals surface area contributed by atoms with Crippen molar-refractivity contribution in [2.45, 2.75) is 38.1 Å². The average molecular weight is 374 g/mol. The Morgan fingerprint density at radius 2 is 1.85 bits per heavy atom. The van der Waals surface area contributed by atoms with E-state index in [9.17, 15) is 19.3 Å². The zero-order valence-electron chi connectivity index (χ0n) is 14.4. The molecule has 0 radical (unpaired) electrons. The van der Waals surface area contributed by atoms with E-state index in [1.54, 1.807) is 0 Å². The third-order valence-corrected chi connectivity index (χ3v) is 4.36. The van der Waals surface area contributed by atoms with Gasteiger partial charge >= 0.3 is 5.69 Å². The van der Waals surface area contributed by atoms with Crippen LogP contribution in [0, 0.1) is 15.9 Å². The predicted octanol–water partition coefficient (Wildman–Crippen LogP) is 3.03. The minimum atomic E-state index is -0.775. The molecule has 142 valence electrons. The Hall–Kier alpha value is -3.30. The van der Waals surface area contributed by atoms with E-state index in [4.69, 9.17) is 0 Å². The first kappa shape index (κ1) is 18.5. The fourth-order valence-electron chi connectivity index (χ4n) is 3.02. The van der Waals surface area contributed by atoms with Crippen molar-refractivity contribution in [1.29, 1.82) is 0 Å². The molecule has 1 aliphatic carbocycles. The molecule has 1 amide bonds. The number of rotatable bonds is 6. The van der Waals surface area contributed by atoms with Gasteiger partial charge < -0.3 is 5.32 Å². The molecule has 0 atom stereocenters. The predicted molar refractivity (Wildman–Crippen MR) is 96.7 cm³/mol. The maximum atomic E-state index is 13.7. The first-order chi connectivity index (χ1) is 13.1. The van der Waals surface area contributed by atoms with Crippen LogP contribution in [-0.2, 0) is 0 Å². The smallest absolute Gasteiger partial charge is 0.354 e. The summed E-state index contributed by atoms with van der Waals surface area (Å²) in [4.78, 5) is 30.8. The van der Waals surface area contributed by atoms with Crippen LogP contribution in [-0.4, -0.2) is 26.8 Å². The number of nitrogens with zero attached hydrogens (tertiary/aromatic N) is 3. The van der Waals surface area contributed by atoms with E-state index in [0.29, 0.717) is 0 Å². The molecular weight excluding hydrogens is 355 g/mol. The van der Waals surface area contributed by atoms with E-state index in [1.165, 1.54) is 18.2 Å². The molecule has 0 bridgehead atoms. The molecule has 0 aliphatic heterocycles. The summed E-state index contributed by atoms with van der Waals surface area (Å²) in [5.74, 6) is -1.57. The van der Waals surface area contributed by atoms with Crippen molar-refractivity contribution < 1.29 is 14.1 Å². The normalized spacial score (nSPS) is 14.4. The number of halogens is 1. The summed E-state index contributed by atoms with van der Waals surface area (Å²) in [6.45, 7) is 0. The quantitative estimate of drug-likeness (QED) is 0.525. The lowest BCUT2D eigenvalue weighted by Crippen LogP contribution is -2.31. The van der Waals surface area contributed by atoms with Crippen LogP contribution in [0.25, 0.3) is 0 Å². The van der Waals surface area contributed by atoms with Crippen molar-refractivity contribution in [3.05, 3.63) is 52.1 Å². The van der Waals surface area contributed by atoms with Gasteiger partial charge in [0.2, 0.25) is 11.6 Å². The minimum absolute atomic E-state index is 0.0875. The molecular formula is C17H19FN6O3. The number of carbonyl (C=O) groups excluding carboxylic acids is 1. The fraction of sp³-hybridized carbons (Fsp3) is 0.353. The third kappa shape index (κ3) is 4.46. The van der Waals surface area contributed by atoms with Crippen molar-refractivity contribution >= 4 is 23.2 Å². The molecule has 1 saturated carbocycles. The molecule has 0 unspecified atom stereocenters. The molecule has 27 heavy (non-hydrogen) atoms. The van der Waals surface area contributed by atoms with Gasteiger partial charge in [0.05, 0.1) is 10.5 Å². The number of nitrogens with one attached hydrogen (secondary N) is 3. The Kier molecular flexibility index (Phi) is 5.74. The maximum Gasteiger partial charge on any atom is 0.354 e. The maximum absolute atomic E-state index is 13.7. The summed E-state index contributed by atoms with van der Waals surface area (Å²) in [5, 5.41) is 14.6. The molecule has 1 heterocycles. The van der Waals surface area contributed by atoms with Crippen molar-refractivity contribution in [2.24, 2.45) is 0 Å². The largest absolute Gasteiger partial charge is 0.361 e. The second-order valence-corrected chi connectivity index (χ2v) is 6.21. The lowest BCUT2D eigenvalue weighted by molar-refractivity contribution is -0.383. The topological polar surface area (TPSA) is 122 Å². The lowest BCUT2D eigenvalue weighted by Gasteiger charge is -2.23. The van der Waals surface area contributed by atoms with Gasteiger partial charge in [-0.15, -0.1) is 0 Å². The van der Waals surface area contributed by atoms with E-state index >= 15 is 0 Å². The van der Waals surface area contributed by atoms with Gasteiger partial charge in [-0.1, -0.05) is 31.4 Å². The molecule has 0 saturated heterocycles. The van der Waals surface area contributed by atoms with Gasteiger partial charge in [-0.25, -0.2) is 14.4 Å². The van der Waals surface area contributed by atoms with Crippen molar-refractivity contribution in [3.63, 3.8) is 0 Å². The zero-order valence-corrected chi connectivity index (χ0v) is 14.4. The Bertz CT molecular complexity index is 841. The number of hydrazine groups is 1. The standard InChI is InChI=1S/C17H19FN6O3/c18-13-9-5-4-8-12(13)17(25)23-22-16-14(24(26)27)15(19-10-20-16)21-11-6-2-1-3-7-11/h4-5,8-11H,1-3,6-7H2,(H,23,25)(H2,19,20,21,22). The molecule has 0 spiro atoms. The summed E-state index contributed by atoms with van der Waals surface area (Å²) in [7, 11) is 0. The minimum Gasteiger partial charge on any atom is -0.361 e. The van der Waals surface area contributed by atoms with Crippen LogP contribution < -0.4 is 16.2 Å². The summed E-state index contributed by atoms with van der Waals surface area (Å²) in [6, 6.07) is 5.52. The van der Waals surface area contributed by atoms with E-state index in [2.05, 4.69) is 26.1 Å². The molecule has 1 fully saturated rings. The molecule has 1 aromatic heterocycles. The zero-order chi connectivity index (χ0) is 19.2. The van der Waals surface area contributed by atoms with E-state index in [1.807, 2.05) is 0 Å². The van der Waals surface area contributed by atoms with Crippen LogP contribution in [0.2, 0.25) is 0 Å². The van der Waals surface area contributed by atoms with Crippen LogP contribution in [0.3, 0.4) is 0 Å². The Labute approximate surface area is 154 Å². The number of hydrogen-bond acceptors (Lipinski definition) is 7. The first-order valence-electron chi connectivity index (χ1n) is 8.63. The van der Waals surface area contributed by atoms with Crippen LogP contribution >= 0.6 is 0 Å². The first-order valence-corrected chi connectivity index (χ1v) is 8.63. The molecule has 1 aromatic carbocycles. The van der Waals surface area contributed by atoms with Gasteiger partial charge in [0, 0.05) is 6.04 Å². The van der Waals surface area contributed by atoms with Crippen molar-refractivity contribution in [2.75, 3.05) is 10.7 Å². The summed E-state index contributed by atoms with van der Waals surface area (Å²) in [5.41, 5.74) is 4.06. The summed E-state index contributed by atoms with van der Waals surface area (Å²) < 4.78 is 13.7. The third-order valence-electron chi connectivity index (χ3n) is 4.36. The highest BCUT2D eigenvalue weighted by atomic mass is 19.1. The summed E-state index contributed by atoms with van der Waals surface area (Å²) in [6.07, 6.45) is 6.25. The van der Waals surface area contributed by atoms with Crippen LogP contribution in [0.4, 0.5) is 21.7 Å². The number of hydrogen-bond donors (Lipinski definition) is 3. The molecule has 10 heteroatoms. The van der Waals surface area contributed by atoms with Crippen LogP contribution in [0.15, 0.2) is 30.6 Å². The second kappa shape index (κ2) is 8.39. The number of carbonyl (C=O) groups is 1. The molecule has 3 rings (SSSR count). The number of benzene rings is 1. The van der Waals surface area contributed by atoms with Gasteiger partial charge in [0.25, 0.3) is 5.91 Å². The number of nitro groups is 1. The number of anilines is 2. The van der Waals surface area contributed by atoms with Gasteiger partial charge in [-0.3, -0.25) is 25.8 Å². The van der Waals surface area contributed by atoms with Crippen molar-refractivity contribution in [3.8, 4) is 0 Å². The van der Waals surface area contributed by atoms with Crippen molar-refractivity contribution in [1.82, 2.24) is 15.4 Å². The van der Waals surface area contributed by atoms with Crippen LogP contribution in [0.5, 0.6) is 0 Å². The van der Waals surface area contributed by atoms with E-state index < -0.39 is 16.6 Å². The van der Waals surface area contributed by atoms with Gasteiger partial charge in [0.15, 0.2) is 0 Å². The Morgan fingerprint density at radius 3 is 2.56 bits per heavy atom. The van der Waals surface area contributed by atoms with Crippen LogP contribution in [0.1, 0.15) is 42.5 Å². The molecule has 1 aliphatic rings. The van der Waals surface area contributed by atoms with Gasteiger partial charge in [0.1, 0.15) is 12.1 Å². The van der Waals surface area contributed by atoms with Gasteiger partial charge in [-0.05, 0) is 25.0 Å². The summed E-state index contributed by atoms with van der Waals surface area (Å²) >= 11 is 0. The van der Waals surface area contributed by atoms with E-state index in [-0.39, 0.29) is 28.9 Å². The molecule has 9 nitrogen and oxygen atoms in total. The second-order valence-electron chi connectivity index (χ2n) is 6.21.